The van der Waals surface area contributed by atoms with Crippen molar-refractivity contribution in [3.63, 3.8) is 0 Å². The van der Waals surface area contributed by atoms with Gasteiger partial charge in [-0.05, 0) is 43.4 Å². The van der Waals surface area contributed by atoms with E-state index in [-0.39, 0.29) is 5.41 Å². The molecule has 2 heteroatoms. The Hall–Kier alpha value is -1.28. The predicted molar refractivity (Wildman–Crippen MR) is 74.2 cm³/mol. The molecular weight excluding hydrogens is 208 g/mol. The standard InChI is InChI=1S/C15H22N2/c1-11-13(10-15(2,3)8-9-16)12-6-4-5-7-14(12)17-11/h4-7,17H,8-10,16H2,1-3H3. The molecule has 0 atom stereocenters. The third-order valence-electron chi connectivity index (χ3n) is 3.50. The van der Waals surface area contributed by atoms with Crippen LogP contribution in [0.2, 0.25) is 0 Å². The fourth-order valence-corrected chi connectivity index (χ4v) is 2.52. The number of nitrogens with one attached hydrogen (secondary N) is 1. The number of nitrogens with two attached hydrogens (primary N) is 1. The molecule has 0 aliphatic rings. The lowest BCUT2D eigenvalue weighted by atomic mass is 9.82. The molecule has 1 heterocycles. The molecule has 3 N–H and O–H groups in total. The number of para-hydroxylation sites is 1. The van der Waals surface area contributed by atoms with Crippen molar-refractivity contribution < 1.29 is 0 Å². The van der Waals surface area contributed by atoms with Gasteiger partial charge in [-0.25, -0.2) is 0 Å². The van der Waals surface area contributed by atoms with Crippen LogP contribution in [-0.4, -0.2) is 11.5 Å². The summed E-state index contributed by atoms with van der Waals surface area (Å²) in [5, 5.41) is 1.36. The molecule has 0 aliphatic carbocycles. The highest BCUT2D eigenvalue weighted by Crippen LogP contribution is 2.31. The Morgan fingerprint density at radius 2 is 1.94 bits per heavy atom. The third-order valence-corrected chi connectivity index (χ3v) is 3.50. The monoisotopic (exact) mass is 230 g/mol. The molecular formula is C15H22N2. The molecule has 1 aromatic heterocycles. The first kappa shape index (κ1) is 12.2. The summed E-state index contributed by atoms with van der Waals surface area (Å²) >= 11 is 0. The third kappa shape index (κ3) is 2.52. The van der Waals surface area contributed by atoms with E-state index in [4.69, 9.17) is 5.73 Å². The van der Waals surface area contributed by atoms with Crippen LogP contribution in [0.25, 0.3) is 10.9 Å². The number of H-pyrrole nitrogens is 1. The van der Waals surface area contributed by atoms with Crippen LogP contribution in [0.15, 0.2) is 24.3 Å². The average Bonchev–Trinajstić information content (AvgIpc) is 2.55. The van der Waals surface area contributed by atoms with Crippen molar-refractivity contribution in [1.82, 2.24) is 4.98 Å². The zero-order valence-corrected chi connectivity index (χ0v) is 11.0. The number of fused-ring (bicyclic) bond motifs is 1. The fraction of sp³-hybridized carbons (Fsp3) is 0.467. The summed E-state index contributed by atoms with van der Waals surface area (Å²) < 4.78 is 0. The first-order valence-corrected chi connectivity index (χ1v) is 6.30. The van der Waals surface area contributed by atoms with E-state index in [0.717, 1.165) is 19.4 Å². The van der Waals surface area contributed by atoms with Crippen LogP contribution >= 0.6 is 0 Å². The van der Waals surface area contributed by atoms with Crippen LogP contribution in [0.4, 0.5) is 0 Å². The minimum absolute atomic E-state index is 0.268. The number of hydrogen-bond donors (Lipinski definition) is 2. The predicted octanol–water partition coefficient (Wildman–Crippen LogP) is 3.39. The van der Waals surface area contributed by atoms with Crippen LogP contribution in [0.1, 0.15) is 31.5 Å². The van der Waals surface area contributed by atoms with Crippen molar-refractivity contribution in [2.75, 3.05) is 6.54 Å². The van der Waals surface area contributed by atoms with E-state index in [1.54, 1.807) is 0 Å². The summed E-state index contributed by atoms with van der Waals surface area (Å²) in [6.07, 6.45) is 2.14. The maximum atomic E-state index is 5.69. The van der Waals surface area contributed by atoms with Gasteiger partial charge in [-0.1, -0.05) is 32.0 Å². The minimum Gasteiger partial charge on any atom is -0.358 e. The molecule has 2 rings (SSSR count). The van der Waals surface area contributed by atoms with Crippen LogP contribution in [0.3, 0.4) is 0 Å². The summed E-state index contributed by atoms with van der Waals surface area (Å²) in [5.74, 6) is 0. The Morgan fingerprint density at radius 1 is 1.24 bits per heavy atom. The first-order chi connectivity index (χ1) is 8.03. The van der Waals surface area contributed by atoms with Crippen LogP contribution < -0.4 is 5.73 Å². The molecule has 0 spiro atoms. The highest BCUT2D eigenvalue weighted by Gasteiger charge is 2.20. The second kappa shape index (κ2) is 4.53. The van der Waals surface area contributed by atoms with E-state index >= 15 is 0 Å². The fourth-order valence-electron chi connectivity index (χ4n) is 2.52. The largest absolute Gasteiger partial charge is 0.358 e. The second-order valence-corrected chi connectivity index (χ2v) is 5.65. The summed E-state index contributed by atoms with van der Waals surface area (Å²) in [4.78, 5) is 3.46. The Morgan fingerprint density at radius 3 is 2.65 bits per heavy atom. The van der Waals surface area contributed by atoms with Gasteiger partial charge in [-0.3, -0.25) is 0 Å². The van der Waals surface area contributed by atoms with Gasteiger partial charge in [-0.2, -0.15) is 0 Å². The maximum absolute atomic E-state index is 5.69. The van der Waals surface area contributed by atoms with Crippen molar-refractivity contribution in [1.29, 1.82) is 0 Å². The molecule has 0 unspecified atom stereocenters. The lowest BCUT2D eigenvalue weighted by molar-refractivity contribution is 0.339. The lowest BCUT2D eigenvalue weighted by Gasteiger charge is -2.24. The van der Waals surface area contributed by atoms with Crippen molar-refractivity contribution >= 4 is 10.9 Å². The summed E-state index contributed by atoms with van der Waals surface area (Å²) in [7, 11) is 0. The van der Waals surface area contributed by atoms with E-state index in [9.17, 15) is 0 Å². The molecule has 0 aliphatic heterocycles. The van der Waals surface area contributed by atoms with Gasteiger partial charge in [0.25, 0.3) is 0 Å². The van der Waals surface area contributed by atoms with E-state index < -0.39 is 0 Å². The van der Waals surface area contributed by atoms with Gasteiger partial charge in [0.1, 0.15) is 0 Å². The SMILES string of the molecule is Cc1[nH]c2ccccc2c1CC(C)(C)CCN. The Kier molecular flexibility index (Phi) is 3.25. The molecule has 0 saturated carbocycles. The van der Waals surface area contributed by atoms with E-state index in [0.29, 0.717) is 0 Å². The Labute approximate surface area is 103 Å². The van der Waals surface area contributed by atoms with E-state index in [2.05, 4.69) is 50.0 Å². The number of benzene rings is 1. The molecule has 1 aromatic carbocycles. The van der Waals surface area contributed by atoms with Gasteiger partial charge in [0.05, 0.1) is 0 Å². The highest BCUT2D eigenvalue weighted by atomic mass is 14.7. The van der Waals surface area contributed by atoms with Gasteiger partial charge in [0.2, 0.25) is 0 Å². The van der Waals surface area contributed by atoms with Gasteiger partial charge in [-0.15, -0.1) is 0 Å². The van der Waals surface area contributed by atoms with Crippen LogP contribution in [0, 0.1) is 12.3 Å². The second-order valence-electron chi connectivity index (χ2n) is 5.65. The van der Waals surface area contributed by atoms with Crippen LogP contribution in [0.5, 0.6) is 0 Å². The zero-order valence-electron chi connectivity index (χ0n) is 11.0. The highest BCUT2D eigenvalue weighted by molar-refractivity contribution is 5.84. The van der Waals surface area contributed by atoms with E-state index in [1.807, 2.05) is 0 Å². The molecule has 0 radical (unpaired) electrons. The van der Waals surface area contributed by atoms with Crippen molar-refractivity contribution in [3.05, 3.63) is 35.5 Å². The molecule has 0 saturated heterocycles. The molecule has 2 aromatic rings. The van der Waals surface area contributed by atoms with Crippen molar-refractivity contribution in [2.24, 2.45) is 11.1 Å². The topological polar surface area (TPSA) is 41.8 Å². The Bertz CT molecular complexity index is 509. The van der Waals surface area contributed by atoms with Crippen molar-refractivity contribution in [3.8, 4) is 0 Å². The smallest absolute Gasteiger partial charge is 0.0458 e. The zero-order chi connectivity index (χ0) is 12.5. The molecule has 92 valence electrons. The molecule has 2 nitrogen and oxygen atoms in total. The lowest BCUT2D eigenvalue weighted by Crippen LogP contribution is -2.20. The Balaban J connectivity index is 2.38. The van der Waals surface area contributed by atoms with Gasteiger partial charge in [0, 0.05) is 16.6 Å². The van der Waals surface area contributed by atoms with E-state index in [1.165, 1.54) is 22.2 Å². The molecule has 17 heavy (non-hydrogen) atoms. The number of aromatic nitrogens is 1. The maximum Gasteiger partial charge on any atom is 0.0458 e. The normalized spacial score (nSPS) is 12.2. The average molecular weight is 230 g/mol. The van der Waals surface area contributed by atoms with Crippen molar-refractivity contribution in [2.45, 2.75) is 33.6 Å². The number of rotatable bonds is 4. The first-order valence-electron chi connectivity index (χ1n) is 6.30. The number of hydrogen-bond acceptors (Lipinski definition) is 1. The summed E-state index contributed by atoms with van der Waals surface area (Å²) in [5.41, 5.74) is 9.93. The number of aromatic amines is 1. The van der Waals surface area contributed by atoms with Gasteiger partial charge < -0.3 is 10.7 Å². The molecule has 0 bridgehead atoms. The quantitative estimate of drug-likeness (QED) is 0.830. The van der Waals surface area contributed by atoms with Gasteiger partial charge >= 0.3 is 0 Å². The molecule has 0 fully saturated rings. The minimum atomic E-state index is 0.268. The van der Waals surface area contributed by atoms with Gasteiger partial charge in [0.15, 0.2) is 0 Å². The summed E-state index contributed by atoms with van der Waals surface area (Å²) in [6.45, 7) is 7.50. The summed E-state index contributed by atoms with van der Waals surface area (Å²) in [6, 6.07) is 8.52. The number of aryl methyl sites for hydroxylation is 1. The molecule has 0 amide bonds. The van der Waals surface area contributed by atoms with Crippen LogP contribution in [-0.2, 0) is 6.42 Å².